The van der Waals surface area contributed by atoms with E-state index >= 15 is 0 Å². The first kappa shape index (κ1) is 24.7. The molecule has 0 aliphatic heterocycles. The molecule has 5 nitrogen and oxygen atoms in total. The van der Waals surface area contributed by atoms with Crippen molar-refractivity contribution in [1.82, 2.24) is 10.2 Å². The maximum absolute atomic E-state index is 13.3. The van der Waals surface area contributed by atoms with E-state index in [1.807, 2.05) is 38.1 Å². The molecule has 0 saturated heterocycles. The average molecular weight is 447 g/mol. The maximum Gasteiger partial charge on any atom is 0.242 e. The topological polar surface area (TPSA) is 58.6 Å². The zero-order chi connectivity index (χ0) is 22.8. The number of benzene rings is 2. The average Bonchev–Trinajstić information content (AvgIpc) is 2.78. The van der Waals surface area contributed by atoms with Crippen LogP contribution in [0.3, 0.4) is 0 Å². The third-order valence-electron chi connectivity index (χ3n) is 5.09. The largest absolute Gasteiger partial charge is 0.497 e. The van der Waals surface area contributed by atoms with Gasteiger partial charge in [0.25, 0.3) is 0 Å². The zero-order valence-corrected chi connectivity index (χ0v) is 19.4. The number of amides is 2. The lowest BCUT2D eigenvalue weighted by molar-refractivity contribution is -0.138. The Balaban J connectivity index is 2.04. The van der Waals surface area contributed by atoms with Crippen molar-refractivity contribution in [3.05, 3.63) is 65.5 Å². The highest BCUT2D eigenvalue weighted by Crippen LogP contribution is 2.18. The van der Waals surface area contributed by atoms with Crippen LogP contribution in [0.15, 0.2) is 48.5 Å². The Hall–Kier alpha value is -2.54. The third kappa shape index (κ3) is 7.90. The normalized spacial score (nSPS) is 12.7. The van der Waals surface area contributed by atoms with Crippen LogP contribution in [0.25, 0.3) is 0 Å². The second kappa shape index (κ2) is 12.3. The van der Waals surface area contributed by atoms with Gasteiger partial charge in [-0.05, 0) is 55.7 Å². The van der Waals surface area contributed by atoms with E-state index < -0.39 is 6.04 Å². The Morgan fingerprint density at radius 2 is 1.68 bits per heavy atom. The van der Waals surface area contributed by atoms with Gasteiger partial charge in [0.2, 0.25) is 11.8 Å². The number of carbonyl (C=O) groups excluding carboxylic acids is 2. The fraction of sp³-hybridized carbons (Fsp3) is 0.417. The van der Waals surface area contributed by atoms with Crippen LogP contribution in [0.1, 0.15) is 38.3 Å². The van der Waals surface area contributed by atoms with Crippen molar-refractivity contribution < 1.29 is 18.7 Å². The predicted molar refractivity (Wildman–Crippen MR) is 123 cm³/mol. The molecule has 0 aliphatic carbocycles. The van der Waals surface area contributed by atoms with Crippen molar-refractivity contribution in [2.45, 2.75) is 51.6 Å². The van der Waals surface area contributed by atoms with Crippen LogP contribution >= 0.6 is 11.8 Å². The molecule has 1 N–H and O–H groups in total. The number of nitrogens with zero attached hydrogens (tertiary/aromatic N) is 1. The number of halogens is 1. The summed E-state index contributed by atoms with van der Waals surface area (Å²) in [4.78, 5) is 27.3. The molecule has 0 aromatic heterocycles. The van der Waals surface area contributed by atoms with Crippen molar-refractivity contribution in [3.8, 4) is 5.75 Å². The van der Waals surface area contributed by atoms with Gasteiger partial charge in [-0.25, -0.2) is 4.39 Å². The lowest BCUT2D eigenvalue weighted by atomic mass is 10.1. The summed E-state index contributed by atoms with van der Waals surface area (Å²) in [5, 5.41) is 2.94. The Bertz CT molecular complexity index is 843. The molecule has 168 valence electrons. The van der Waals surface area contributed by atoms with Crippen molar-refractivity contribution in [2.24, 2.45) is 0 Å². The number of methoxy groups -OCH3 is 1. The Kier molecular flexibility index (Phi) is 9.85. The van der Waals surface area contributed by atoms with E-state index in [1.54, 1.807) is 31.1 Å². The molecule has 31 heavy (non-hydrogen) atoms. The van der Waals surface area contributed by atoms with Crippen LogP contribution in [0.5, 0.6) is 5.75 Å². The van der Waals surface area contributed by atoms with Gasteiger partial charge in [0.15, 0.2) is 0 Å². The summed E-state index contributed by atoms with van der Waals surface area (Å²) < 4.78 is 18.4. The van der Waals surface area contributed by atoms with Gasteiger partial charge >= 0.3 is 0 Å². The van der Waals surface area contributed by atoms with Gasteiger partial charge in [0.05, 0.1) is 12.9 Å². The summed E-state index contributed by atoms with van der Waals surface area (Å²) in [7, 11) is 1.62. The first-order chi connectivity index (χ1) is 14.8. The number of ether oxygens (including phenoxy) is 1. The standard InChI is InChI=1S/C24H31FN2O3S/c1-5-17(2)26-24(29)18(3)27(14-19-6-10-21(25)11-7-19)23(28)16-31-15-20-8-12-22(30-4)13-9-20/h6-13,17-18H,5,14-16H2,1-4H3,(H,26,29)/t17-,18+/m0/s1. The molecular weight excluding hydrogens is 415 g/mol. The van der Waals surface area contributed by atoms with E-state index in [1.165, 1.54) is 23.9 Å². The summed E-state index contributed by atoms with van der Waals surface area (Å²) in [6.07, 6.45) is 0.808. The van der Waals surface area contributed by atoms with E-state index in [0.29, 0.717) is 5.75 Å². The highest BCUT2D eigenvalue weighted by molar-refractivity contribution is 7.99. The molecular formula is C24H31FN2O3S. The summed E-state index contributed by atoms with van der Waals surface area (Å²) >= 11 is 1.49. The molecule has 2 atom stereocenters. The van der Waals surface area contributed by atoms with Crippen molar-refractivity contribution in [2.75, 3.05) is 12.9 Å². The van der Waals surface area contributed by atoms with Gasteiger partial charge in [-0.2, -0.15) is 0 Å². The van der Waals surface area contributed by atoms with Gasteiger partial charge in [-0.15, -0.1) is 11.8 Å². The predicted octanol–water partition coefficient (Wildman–Crippen LogP) is 4.40. The second-order valence-corrected chi connectivity index (χ2v) is 8.47. The van der Waals surface area contributed by atoms with Gasteiger partial charge in [-0.1, -0.05) is 31.2 Å². The number of hydrogen-bond donors (Lipinski definition) is 1. The molecule has 0 spiro atoms. The number of rotatable bonds is 11. The fourth-order valence-corrected chi connectivity index (χ4v) is 3.77. The first-order valence-corrected chi connectivity index (χ1v) is 11.5. The molecule has 7 heteroatoms. The van der Waals surface area contributed by atoms with Gasteiger partial charge in [-0.3, -0.25) is 9.59 Å². The van der Waals surface area contributed by atoms with Gasteiger partial charge in [0, 0.05) is 18.3 Å². The molecule has 2 amide bonds. The number of nitrogens with one attached hydrogen (secondary N) is 1. The molecule has 0 fully saturated rings. The molecule has 0 radical (unpaired) electrons. The zero-order valence-electron chi connectivity index (χ0n) is 18.6. The van der Waals surface area contributed by atoms with E-state index in [9.17, 15) is 14.0 Å². The lowest BCUT2D eigenvalue weighted by Crippen LogP contribution is -2.50. The minimum Gasteiger partial charge on any atom is -0.497 e. The molecule has 0 bridgehead atoms. The van der Waals surface area contributed by atoms with E-state index in [-0.39, 0.29) is 36.0 Å². The number of hydrogen-bond acceptors (Lipinski definition) is 4. The Morgan fingerprint density at radius 3 is 2.26 bits per heavy atom. The minimum absolute atomic E-state index is 0.0298. The molecule has 0 saturated carbocycles. The third-order valence-corrected chi connectivity index (χ3v) is 6.08. The molecule has 0 heterocycles. The van der Waals surface area contributed by atoms with Crippen molar-refractivity contribution in [1.29, 1.82) is 0 Å². The first-order valence-electron chi connectivity index (χ1n) is 10.4. The molecule has 0 aliphatic rings. The van der Waals surface area contributed by atoms with Crippen LogP contribution < -0.4 is 10.1 Å². The second-order valence-electron chi connectivity index (χ2n) is 7.48. The Labute approximate surface area is 188 Å². The summed E-state index contributed by atoms with van der Waals surface area (Å²) in [5.41, 5.74) is 1.87. The minimum atomic E-state index is -0.631. The lowest BCUT2D eigenvalue weighted by Gasteiger charge is -2.29. The monoisotopic (exact) mass is 446 g/mol. The highest BCUT2D eigenvalue weighted by Gasteiger charge is 2.26. The summed E-state index contributed by atoms with van der Waals surface area (Å²) in [6, 6.07) is 13.1. The summed E-state index contributed by atoms with van der Waals surface area (Å²) in [6.45, 7) is 5.90. The molecule has 2 rings (SSSR count). The fourth-order valence-electron chi connectivity index (χ4n) is 2.90. The van der Waals surface area contributed by atoms with Crippen molar-refractivity contribution >= 4 is 23.6 Å². The SMILES string of the molecule is CC[C@H](C)NC(=O)[C@@H](C)N(Cc1ccc(F)cc1)C(=O)CSCc1ccc(OC)cc1. The maximum atomic E-state index is 13.3. The Morgan fingerprint density at radius 1 is 1.06 bits per heavy atom. The van der Waals surface area contributed by atoms with E-state index in [0.717, 1.165) is 23.3 Å². The molecule has 0 unspecified atom stereocenters. The van der Waals surface area contributed by atoms with Crippen LogP contribution in [-0.4, -0.2) is 41.7 Å². The van der Waals surface area contributed by atoms with Gasteiger partial charge in [0.1, 0.15) is 17.6 Å². The molecule has 2 aromatic carbocycles. The van der Waals surface area contributed by atoms with E-state index in [2.05, 4.69) is 5.32 Å². The number of thioether (sulfide) groups is 1. The van der Waals surface area contributed by atoms with Crippen LogP contribution in [0, 0.1) is 5.82 Å². The smallest absolute Gasteiger partial charge is 0.242 e. The number of carbonyl (C=O) groups is 2. The molecule has 2 aromatic rings. The van der Waals surface area contributed by atoms with Crippen LogP contribution in [0.2, 0.25) is 0 Å². The highest BCUT2D eigenvalue weighted by atomic mass is 32.2. The van der Waals surface area contributed by atoms with Gasteiger partial charge < -0.3 is 15.0 Å². The summed E-state index contributed by atoms with van der Waals surface area (Å²) in [5.74, 6) is 1.05. The van der Waals surface area contributed by atoms with Crippen LogP contribution in [0.4, 0.5) is 4.39 Å². The van der Waals surface area contributed by atoms with Crippen LogP contribution in [-0.2, 0) is 21.9 Å². The quantitative estimate of drug-likeness (QED) is 0.556. The van der Waals surface area contributed by atoms with E-state index in [4.69, 9.17) is 4.74 Å². The van der Waals surface area contributed by atoms with Crippen molar-refractivity contribution in [3.63, 3.8) is 0 Å².